The van der Waals surface area contributed by atoms with Crippen LogP contribution in [-0.2, 0) is 13.0 Å². The summed E-state index contributed by atoms with van der Waals surface area (Å²) in [6.07, 6.45) is 0.881. The Balaban J connectivity index is 0.00000338. The summed E-state index contributed by atoms with van der Waals surface area (Å²) in [5, 5.41) is 8.74. The van der Waals surface area contributed by atoms with Gasteiger partial charge in [0, 0.05) is 18.5 Å². The Hall–Kier alpha value is -1.48. The monoisotopic (exact) mass is 489 g/mol. The fourth-order valence-corrected chi connectivity index (χ4v) is 3.03. The van der Waals surface area contributed by atoms with E-state index < -0.39 is 0 Å². The first-order chi connectivity index (χ1) is 12.3. The number of thiophene rings is 1. The van der Waals surface area contributed by atoms with Crippen molar-refractivity contribution in [2.45, 2.75) is 26.8 Å². The second-order valence-corrected chi connectivity index (χ2v) is 6.36. The summed E-state index contributed by atoms with van der Waals surface area (Å²) in [5.74, 6) is 2.42. The van der Waals surface area contributed by atoms with Crippen molar-refractivity contribution >= 4 is 41.3 Å². The number of guanidine groups is 1. The van der Waals surface area contributed by atoms with E-state index in [9.17, 15) is 0 Å². The average molecular weight is 489 g/mol. The summed E-state index contributed by atoms with van der Waals surface area (Å²) in [6, 6.07) is 10.3. The molecule has 0 radical (unpaired) electrons. The van der Waals surface area contributed by atoms with Gasteiger partial charge in [-0.1, -0.05) is 12.1 Å². The van der Waals surface area contributed by atoms with Crippen molar-refractivity contribution in [2.75, 3.05) is 26.8 Å². The van der Waals surface area contributed by atoms with E-state index in [2.05, 4.69) is 45.3 Å². The average Bonchev–Trinajstić information content (AvgIpc) is 3.14. The molecule has 0 unspecified atom stereocenters. The molecule has 0 spiro atoms. The van der Waals surface area contributed by atoms with E-state index in [1.165, 1.54) is 10.4 Å². The van der Waals surface area contributed by atoms with Crippen molar-refractivity contribution in [3.05, 3.63) is 46.2 Å². The van der Waals surface area contributed by atoms with Gasteiger partial charge in [0.2, 0.25) is 0 Å². The normalized spacial score (nSPS) is 10.8. The first kappa shape index (κ1) is 22.6. The Bertz CT molecular complexity index is 663. The zero-order valence-corrected chi connectivity index (χ0v) is 18.7. The van der Waals surface area contributed by atoms with Gasteiger partial charge >= 0.3 is 0 Å². The summed E-state index contributed by atoms with van der Waals surface area (Å²) in [6.45, 7) is 6.79. The minimum absolute atomic E-state index is 0. The van der Waals surface area contributed by atoms with Crippen molar-refractivity contribution in [2.24, 2.45) is 4.99 Å². The highest BCUT2D eigenvalue weighted by molar-refractivity contribution is 14.0. The number of benzene rings is 1. The number of halogens is 1. The molecule has 0 aliphatic carbocycles. The fraction of sp³-hybridized carbons (Fsp3) is 0.421. The Morgan fingerprint density at radius 1 is 1.08 bits per heavy atom. The predicted octanol–water partition coefficient (Wildman–Crippen LogP) is 4.07. The van der Waals surface area contributed by atoms with E-state index in [0.29, 0.717) is 13.2 Å². The fourth-order valence-electron chi connectivity index (χ4n) is 2.38. The Labute approximate surface area is 177 Å². The molecule has 144 valence electrons. The van der Waals surface area contributed by atoms with Gasteiger partial charge in [0.15, 0.2) is 17.5 Å². The van der Waals surface area contributed by atoms with Gasteiger partial charge in [-0.3, -0.25) is 4.99 Å². The van der Waals surface area contributed by atoms with Gasteiger partial charge in [-0.2, -0.15) is 0 Å². The van der Waals surface area contributed by atoms with Gasteiger partial charge in [-0.25, -0.2) is 0 Å². The molecule has 7 heteroatoms. The van der Waals surface area contributed by atoms with E-state index in [1.807, 2.05) is 19.9 Å². The van der Waals surface area contributed by atoms with Crippen LogP contribution in [0.4, 0.5) is 0 Å². The number of rotatable bonds is 9. The maximum atomic E-state index is 5.68. The van der Waals surface area contributed by atoms with E-state index in [-0.39, 0.29) is 24.0 Å². The minimum Gasteiger partial charge on any atom is -0.490 e. The van der Waals surface area contributed by atoms with Gasteiger partial charge in [0.05, 0.1) is 19.8 Å². The predicted molar refractivity (Wildman–Crippen MR) is 120 cm³/mol. The molecule has 0 amide bonds. The topological polar surface area (TPSA) is 54.9 Å². The quantitative estimate of drug-likeness (QED) is 0.317. The Kier molecular flexibility index (Phi) is 11.1. The lowest BCUT2D eigenvalue weighted by molar-refractivity contribution is 0.287. The third-order valence-electron chi connectivity index (χ3n) is 3.55. The van der Waals surface area contributed by atoms with Gasteiger partial charge < -0.3 is 20.1 Å². The molecule has 1 aromatic heterocycles. The number of aliphatic imine (C=N–C) groups is 1. The molecule has 0 saturated carbocycles. The third-order valence-corrected chi connectivity index (χ3v) is 4.42. The summed E-state index contributed by atoms with van der Waals surface area (Å²) >= 11 is 1.74. The number of hydrogen-bond acceptors (Lipinski definition) is 4. The first-order valence-corrected chi connectivity index (χ1v) is 9.50. The number of nitrogens with one attached hydrogen (secondary N) is 2. The molecule has 26 heavy (non-hydrogen) atoms. The van der Waals surface area contributed by atoms with Gasteiger partial charge in [-0.05, 0) is 49.4 Å². The lowest BCUT2D eigenvalue weighted by Gasteiger charge is -2.14. The van der Waals surface area contributed by atoms with Gasteiger partial charge in [0.1, 0.15) is 0 Å². The molecule has 0 bridgehead atoms. The van der Waals surface area contributed by atoms with E-state index in [1.54, 1.807) is 18.4 Å². The lowest BCUT2D eigenvalue weighted by atomic mass is 10.1. The summed E-state index contributed by atoms with van der Waals surface area (Å²) < 4.78 is 11.3. The molecule has 0 aliphatic heterocycles. The molecule has 5 nitrogen and oxygen atoms in total. The van der Waals surface area contributed by atoms with Crippen LogP contribution in [0, 0.1) is 0 Å². The molecular weight excluding hydrogens is 461 g/mol. The standard InChI is InChI=1S/C19H27N3O2S.HI/c1-4-23-17-9-8-15(13-18(17)24-5-2)10-11-21-19(20-3)22-14-16-7-6-12-25-16;/h6-9,12-13H,4-5,10-11,14H2,1-3H3,(H2,20,21,22);1H. The summed E-state index contributed by atoms with van der Waals surface area (Å²) in [4.78, 5) is 5.55. The largest absolute Gasteiger partial charge is 0.490 e. The van der Waals surface area contributed by atoms with Crippen molar-refractivity contribution < 1.29 is 9.47 Å². The number of hydrogen-bond donors (Lipinski definition) is 2. The van der Waals surface area contributed by atoms with Crippen molar-refractivity contribution in [3.8, 4) is 11.5 Å². The third kappa shape index (κ3) is 7.41. The summed E-state index contributed by atoms with van der Waals surface area (Å²) in [7, 11) is 1.79. The first-order valence-electron chi connectivity index (χ1n) is 8.62. The second kappa shape index (κ2) is 12.8. The lowest BCUT2D eigenvalue weighted by Crippen LogP contribution is -2.37. The smallest absolute Gasteiger partial charge is 0.191 e. The van der Waals surface area contributed by atoms with Crippen molar-refractivity contribution in [1.82, 2.24) is 10.6 Å². The van der Waals surface area contributed by atoms with Gasteiger partial charge in [0.25, 0.3) is 0 Å². The zero-order chi connectivity index (χ0) is 17.9. The van der Waals surface area contributed by atoms with Crippen LogP contribution in [-0.4, -0.2) is 32.8 Å². The van der Waals surface area contributed by atoms with Crippen LogP contribution >= 0.6 is 35.3 Å². The van der Waals surface area contributed by atoms with Crippen LogP contribution in [0.5, 0.6) is 11.5 Å². The summed E-state index contributed by atoms with van der Waals surface area (Å²) in [5.41, 5.74) is 1.20. The van der Waals surface area contributed by atoms with Crippen LogP contribution in [0.1, 0.15) is 24.3 Å². The Morgan fingerprint density at radius 3 is 2.50 bits per heavy atom. The van der Waals surface area contributed by atoms with Crippen LogP contribution in [0.2, 0.25) is 0 Å². The van der Waals surface area contributed by atoms with Crippen LogP contribution in [0.3, 0.4) is 0 Å². The zero-order valence-electron chi connectivity index (χ0n) is 15.6. The number of ether oxygens (including phenoxy) is 2. The Morgan fingerprint density at radius 2 is 1.85 bits per heavy atom. The molecule has 2 rings (SSSR count). The van der Waals surface area contributed by atoms with Crippen LogP contribution < -0.4 is 20.1 Å². The van der Waals surface area contributed by atoms with E-state index in [4.69, 9.17) is 9.47 Å². The number of nitrogens with zero attached hydrogens (tertiary/aromatic N) is 1. The maximum absolute atomic E-state index is 5.68. The molecule has 1 aromatic carbocycles. The molecule has 0 fully saturated rings. The molecule has 0 saturated heterocycles. The maximum Gasteiger partial charge on any atom is 0.191 e. The SMILES string of the molecule is CCOc1ccc(CCNC(=NC)NCc2cccs2)cc1OCC.I. The highest BCUT2D eigenvalue weighted by atomic mass is 127. The van der Waals surface area contributed by atoms with Crippen molar-refractivity contribution in [1.29, 1.82) is 0 Å². The van der Waals surface area contributed by atoms with Crippen LogP contribution in [0.15, 0.2) is 40.7 Å². The molecule has 0 aliphatic rings. The highest BCUT2D eigenvalue weighted by Crippen LogP contribution is 2.28. The van der Waals surface area contributed by atoms with Crippen molar-refractivity contribution in [3.63, 3.8) is 0 Å². The van der Waals surface area contributed by atoms with E-state index in [0.717, 1.165) is 37.0 Å². The molecule has 1 heterocycles. The molecular formula is C19H28IN3O2S. The minimum atomic E-state index is 0. The van der Waals surface area contributed by atoms with Crippen LogP contribution in [0.25, 0.3) is 0 Å². The highest BCUT2D eigenvalue weighted by Gasteiger charge is 2.06. The molecule has 2 aromatic rings. The molecule has 0 atom stereocenters. The van der Waals surface area contributed by atoms with E-state index >= 15 is 0 Å². The second-order valence-electron chi connectivity index (χ2n) is 5.33. The molecule has 2 N–H and O–H groups in total. The van der Waals surface area contributed by atoms with Gasteiger partial charge in [-0.15, -0.1) is 35.3 Å².